The van der Waals surface area contributed by atoms with Crippen LogP contribution in [-0.4, -0.2) is 63.7 Å². The number of benzene rings is 1. The molecule has 0 bridgehead atoms. The highest BCUT2D eigenvalue weighted by Gasteiger charge is 2.41. The second-order valence-corrected chi connectivity index (χ2v) is 9.64. The number of aryl methyl sites for hydroxylation is 1. The molecule has 1 aliphatic rings. The number of ether oxygens (including phenoxy) is 1. The first-order valence-corrected chi connectivity index (χ1v) is 12.3. The van der Waals surface area contributed by atoms with E-state index in [1.165, 1.54) is 13.2 Å². The first-order chi connectivity index (χ1) is 17.2. The summed E-state index contributed by atoms with van der Waals surface area (Å²) in [5.41, 5.74) is 4.29. The van der Waals surface area contributed by atoms with Crippen LogP contribution in [0.15, 0.2) is 48.7 Å². The van der Waals surface area contributed by atoms with Crippen LogP contribution in [-0.2, 0) is 0 Å². The van der Waals surface area contributed by atoms with Crippen LogP contribution >= 0.6 is 12.2 Å². The molecule has 1 fully saturated rings. The van der Waals surface area contributed by atoms with E-state index >= 15 is 0 Å². The van der Waals surface area contributed by atoms with E-state index < -0.39 is 0 Å². The quantitative estimate of drug-likeness (QED) is 0.260. The zero-order valence-electron chi connectivity index (χ0n) is 21.3. The van der Waals surface area contributed by atoms with Crippen molar-refractivity contribution in [1.29, 1.82) is 0 Å². The van der Waals surface area contributed by atoms with Gasteiger partial charge in [0.1, 0.15) is 11.4 Å². The Labute approximate surface area is 216 Å². The van der Waals surface area contributed by atoms with Crippen LogP contribution in [0.25, 0.3) is 5.69 Å². The Morgan fingerprint density at radius 2 is 2.00 bits per heavy atom. The third-order valence-corrected chi connectivity index (χ3v) is 6.96. The van der Waals surface area contributed by atoms with Crippen LogP contribution in [0.4, 0.5) is 5.69 Å². The molecule has 36 heavy (non-hydrogen) atoms. The standard InChI is InChI=1S/C26H32N6O3S/c1-17-15-20(18(2)31(17)22-11-10-19(35-5)16-23(22)32(33)34)25-24(21-9-6-7-12-27-21)28-26(36)30(25)14-8-13-29(3)4/h6-7,9-12,15-16,24-25H,8,13-14H2,1-5H3,(H,28,36)/t24-,25-/m0/s1. The predicted octanol–water partition coefficient (Wildman–Crippen LogP) is 4.33. The van der Waals surface area contributed by atoms with E-state index in [-0.39, 0.29) is 22.7 Å². The number of pyridine rings is 1. The van der Waals surface area contributed by atoms with Crippen LogP contribution in [0.3, 0.4) is 0 Å². The summed E-state index contributed by atoms with van der Waals surface area (Å²) in [5.74, 6) is 0.445. The normalized spacial score (nSPS) is 17.5. The molecule has 4 rings (SSSR count). The summed E-state index contributed by atoms with van der Waals surface area (Å²) in [4.78, 5) is 20.6. The third kappa shape index (κ3) is 4.91. The largest absolute Gasteiger partial charge is 0.496 e. The number of methoxy groups -OCH3 is 1. The Hall–Kier alpha value is -3.50. The van der Waals surface area contributed by atoms with Crippen LogP contribution in [0.1, 0.15) is 41.1 Å². The van der Waals surface area contributed by atoms with E-state index in [0.717, 1.165) is 42.2 Å². The Bertz CT molecular complexity index is 1260. The van der Waals surface area contributed by atoms with E-state index in [1.807, 2.05) is 36.6 Å². The average Bonchev–Trinajstić information content (AvgIpc) is 3.33. The average molecular weight is 509 g/mol. The van der Waals surface area contributed by atoms with Gasteiger partial charge in [0.05, 0.1) is 35.9 Å². The number of nitrogens with zero attached hydrogens (tertiary/aromatic N) is 5. The summed E-state index contributed by atoms with van der Waals surface area (Å²) in [7, 11) is 5.62. The van der Waals surface area contributed by atoms with Gasteiger partial charge in [-0.2, -0.15) is 0 Å². The Kier molecular flexibility index (Phi) is 7.56. The highest BCUT2D eigenvalue weighted by molar-refractivity contribution is 7.80. The molecule has 9 nitrogen and oxygen atoms in total. The minimum Gasteiger partial charge on any atom is -0.496 e. The molecule has 1 aromatic carbocycles. The van der Waals surface area contributed by atoms with Gasteiger partial charge in [-0.05, 0) is 89.0 Å². The number of thiocarbonyl (C=S) groups is 1. The maximum Gasteiger partial charge on any atom is 0.296 e. The van der Waals surface area contributed by atoms with Crippen LogP contribution < -0.4 is 10.1 Å². The minimum absolute atomic E-state index is 0.00752. The van der Waals surface area contributed by atoms with Gasteiger partial charge in [0.15, 0.2) is 5.11 Å². The van der Waals surface area contributed by atoms with Gasteiger partial charge in [-0.3, -0.25) is 15.1 Å². The van der Waals surface area contributed by atoms with Crippen molar-refractivity contribution >= 4 is 23.0 Å². The van der Waals surface area contributed by atoms with Gasteiger partial charge >= 0.3 is 0 Å². The maximum atomic E-state index is 11.9. The van der Waals surface area contributed by atoms with Gasteiger partial charge < -0.3 is 24.4 Å². The molecule has 0 aliphatic carbocycles. The first-order valence-electron chi connectivity index (χ1n) is 11.9. The molecule has 0 unspecified atom stereocenters. The van der Waals surface area contributed by atoms with Crippen LogP contribution in [0.2, 0.25) is 0 Å². The van der Waals surface area contributed by atoms with Gasteiger partial charge in [-0.1, -0.05) is 6.07 Å². The molecule has 3 heterocycles. The summed E-state index contributed by atoms with van der Waals surface area (Å²) in [5, 5.41) is 16.1. The zero-order valence-corrected chi connectivity index (χ0v) is 22.1. The predicted molar refractivity (Wildman–Crippen MR) is 144 cm³/mol. The number of hydrogen-bond acceptors (Lipinski definition) is 6. The third-order valence-electron chi connectivity index (χ3n) is 6.61. The number of nitrogens with one attached hydrogen (secondary N) is 1. The summed E-state index contributed by atoms with van der Waals surface area (Å²) in [6.07, 6.45) is 2.73. The number of hydrogen-bond donors (Lipinski definition) is 1. The number of nitro benzene ring substituents is 1. The van der Waals surface area contributed by atoms with Crippen molar-refractivity contribution in [2.45, 2.75) is 32.4 Å². The Morgan fingerprint density at radius 3 is 2.64 bits per heavy atom. The molecule has 0 amide bonds. The Morgan fingerprint density at radius 1 is 1.22 bits per heavy atom. The number of nitro groups is 1. The highest BCUT2D eigenvalue weighted by Crippen LogP contribution is 2.42. The van der Waals surface area contributed by atoms with E-state index in [9.17, 15) is 10.1 Å². The van der Waals surface area contributed by atoms with Crippen LogP contribution in [0.5, 0.6) is 5.75 Å². The topological polar surface area (TPSA) is 88.7 Å². The SMILES string of the molecule is COc1ccc(-n2c(C)cc([C@H]3[C@H](c4ccccn4)NC(=S)N3CCCN(C)C)c2C)c([N+](=O)[O-])c1. The van der Waals surface area contributed by atoms with Crippen molar-refractivity contribution in [3.05, 3.63) is 81.4 Å². The smallest absolute Gasteiger partial charge is 0.296 e. The van der Waals surface area contributed by atoms with Gasteiger partial charge in [-0.25, -0.2) is 0 Å². The van der Waals surface area contributed by atoms with Gasteiger partial charge in [0, 0.05) is 24.1 Å². The molecule has 190 valence electrons. The van der Waals surface area contributed by atoms with Gasteiger partial charge in [0.2, 0.25) is 0 Å². The fraction of sp³-hybridized carbons (Fsp3) is 0.385. The maximum absolute atomic E-state index is 11.9. The monoisotopic (exact) mass is 508 g/mol. The van der Waals surface area contributed by atoms with Crippen molar-refractivity contribution in [3.63, 3.8) is 0 Å². The van der Waals surface area contributed by atoms with Gasteiger partial charge in [-0.15, -0.1) is 0 Å². The minimum atomic E-state index is -0.368. The summed E-state index contributed by atoms with van der Waals surface area (Å²) in [6.45, 7) is 5.70. The van der Waals surface area contributed by atoms with Crippen molar-refractivity contribution in [2.75, 3.05) is 34.3 Å². The van der Waals surface area contributed by atoms with E-state index in [2.05, 4.69) is 40.3 Å². The molecule has 2 atom stereocenters. The number of aromatic nitrogens is 2. The van der Waals surface area contributed by atoms with Crippen molar-refractivity contribution in [2.24, 2.45) is 0 Å². The van der Waals surface area contributed by atoms with Crippen molar-refractivity contribution in [3.8, 4) is 11.4 Å². The molecule has 1 aliphatic heterocycles. The molecule has 1 N–H and O–H groups in total. The Balaban J connectivity index is 1.82. The lowest BCUT2D eigenvalue weighted by atomic mass is 9.96. The highest BCUT2D eigenvalue weighted by atomic mass is 32.1. The molecule has 3 aromatic rings. The molecule has 0 spiro atoms. The van der Waals surface area contributed by atoms with E-state index in [1.54, 1.807) is 18.3 Å². The lowest BCUT2D eigenvalue weighted by Gasteiger charge is -2.28. The first kappa shape index (κ1) is 25.6. The summed E-state index contributed by atoms with van der Waals surface area (Å²) < 4.78 is 7.18. The van der Waals surface area contributed by atoms with E-state index in [4.69, 9.17) is 17.0 Å². The molecule has 0 radical (unpaired) electrons. The molecular weight excluding hydrogens is 476 g/mol. The molecular formula is C26H32N6O3S. The van der Waals surface area contributed by atoms with E-state index in [0.29, 0.717) is 16.5 Å². The van der Waals surface area contributed by atoms with Crippen molar-refractivity contribution in [1.82, 2.24) is 24.7 Å². The second kappa shape index (κ2) is 10.6. The molecule has 1 saturated heterocycles. The van der Waals surface area contributed by atoms with Crippen LogP contribution in [0, 0.1) is 24.0 Å². The fourth-order valence-electron chi connectivity index (χ4n) is 4.97. The molecule has 0 saturated carbocycles. The summed E-state index contributed by atoms with van der Waals surface area (Å²) >= 11 is 5.80. The second-order valence-electron chi connectivity index (χ2n) is 9.25. The lowest BCUT2D eigenvalue weighted by Crippen LogP contribution is -2.32. The lowest BCUT2D eigenvalue weighted by molar-refractivity contribution is -0.384. The van der Waals surface area contributed by atoms with Crippen molar-refractivity contribution < 1.29 is 9.66 Å². The number of rotatable bonds is 9. The fourth-order valence-corrected chi connectivity index (χ4v) is 5.30. The zero-order chi connectivity index (χ0) is 26.0. The molecule has 2 aromatic heterocycles. The summed E-state index contributed by atoms with van der Waals surface area (Å²) in [6, 6.07) is 12.7. The van der Waals surface area contributed by atoms with Gasteiger partial charge in [0.25, 0.3) is 5.69 Å². The molecule has 10 heteroatoms.